The molecule has 0 saturated carbocycles. The fourth-order valence-corrected chi connectivity index (χ4v) is 7.76. The maximum absolute atomic E-state index is 13.1. The molecule has 1 aliphatic rings. The summed E-state index contributed by atoms with van der Waals surface area (Å²) in [6.07, 6.45) is 0.349. The Hall–Kier alpha value is -2.48. The Labute approximate surface area is 173 Å². The highest BCUT2D eigenvalue weighted by Crippen LogP contribution is 2.55. The Morgan fingerprint density at radius 3 is 1.59 bits per heavy atom. The van der Waals surface area contributed by atoms with Crippen LogP contribution < -0.4 is 15.9 Å². The average Bonchev–Trinajstić information content (AvgIpc) is 2.76. The van der Waals surface area contributed by atoms with Gasteiger partial charge in [0.05, 0.1) is 13.2 Å². The summed E-state index contributed by atoms with van der Waals surface area (Å²) in [7, 11) is -2.19. The van der Waals surface area contributed by atoms with Gasteiger partial charge in [0.1, 0.15) is 29.8 Å². The van der Waals surface area contributed by atoms with E-state index in [9.17, 15) is 4.79 Å². The van der Waals surface area contributed by atoms with Crippen molar-refractivity contribution in [1.82, 2.24) is 0 Å². The number of esters is 1. The predicted octanol–water partition coefficient (Wildman–Crippen LogP) is 3.56. The molecule has 3 nitrogen and oxygen atoms in total. The van der Waals surface area contributed by atoms with E-state index in [0.29, 0.717) is 26.0 Å². The van der Waals surface area contributed by atoms with Crippen LogP contribution in [0.1, 0.15) is 6.92 Å². The number of hydrogen-bond donors (Lipinski definition) is 0. The molecule has 0 bridgehead atoms. The summed E-state index contributed by atoms with van der Waals surface area (Å²) < 4.78 is 11.1. The van der Waals surface area contributed by atoms with E-state index in [1.165, 1.54) is 15.9 Å². The van der Waals surface area contributed by atoms with Crippen molar-refractivity contribution in [3.05, 3.63) is 91.0 Å². The fraction of sp³-hybridized carbons (Fsp3) is 0.240. The van der Waals surface area contributed by atoms with Crippen molar-refractivity contribution < 1.29 is 14.3 Å². The van der Waals surface area contributed by atoms with Crippen LogP contribution in [0.3, 0.4) is 0 Å². The van der Waals surface area contributed by atoms with Gasteiger partial charge in [0.25, 0.3) is 0 Å². The van der Waals surface area contributed by atoms with E-state index in [1.54, 1.807) is 0 Å². The number of carbonyl (C=O) groups is 1. The highest BCUT2D eigenvalue weighted by molar-refractivity contribution is 7.96. The third kappa shape index (κ3) is 4.12. The Kier molecular flexibility index (Phi) is 5.80. The smallest absolute Gasteiger partial charge is 0.345 e. The van der Waals surface area contributed by atoms with Gasteiger partial charge in [0.2, 0.25) is 0 Å². The molecule has 1 saturated heterocycles. The van der Waals surface area contributed by atoms with Crippen molar-refractivity contribution in [2.45, 2.75) is 6.92 Å². The van der Waals surface area contributed by atoms with E-state index in [1.807, 2.05) is 54.6 Å². The first kappa shape index (κ1) is 19.8. The third-order valence-corrected chi connectivity index (χ3v) is 9.71. The second kappa shape index (κ2) is 8.49. The van der Waals surface area contributed by atoms with Crippen molar-refractivity contribution in [1.29, 1.82) is 0 Å². The number of ether oxygens (including phenoxy) is 2. The molecule has 1 aliphatic heterocycles. The first-order valence-electron chi connectivity index (χ1n) is 9.91. The largest absolute Gasteiger partial charge is 0.462 e. The van der Waals surface area contributed by atoms with Crippen LogP contribution in [0.2, 0.25) is 0 Å². The molecule has 0 spiro atoms. The molecular weight excluding hydrogens is 379 g/mol. The van der Waals surface area contributed by atoms with Crippen molar-refractivity contribution in [2.75, 3.05) is 26.0 Å². The van der Waals surface area contributed by atoms with Crippen LogP contribution in [-0.2, 0) is 14.3 Å². The highest BCUT2D eigenvalue weighted by atomic mass is 31.2. The van der Waals surface area contributed by atoms with E-state index >= 15 is 0 Å². The summed E-state index contributed by atoms with van der Waals surface area (Å²) in [6, 6.07) is 31.2. The second-order valence-electron chi connectivity index (χ2n) is 7.94. The van der Waals surface area contributed by atoms with Crippen LogP contribution in [0.5, 0.6) is 0 Å². The quantitative estimate of drug-likeness (QED) is 0.445. The predicted molar refractivity (Wildman–Crippen MR) is 120 cm³/mol. The minimum absolute atomic E-state index is 0.0526. The van der Waals surface area contributed by atoms with Gasteiger partial charge in [-0.3, -0.25) is 0 Å². The van der Waals surface area contributed by atoms with E-state index < -0.39 is 7.26 Å². The normalized spacial score (nSPS) is 15.3. The van der Waals surface area contributed by atoms with Gasteiger partial charge >= 0.3 is 5.97 Å². The molecule has 1 fully saturated rings. The van der Waals surface area contributed by atoms with E-state index in [2.05, 4.69) is 43.3 Å². The zero-order chi connectivity index (χ0) is 20.2. The highest BCUT2D eigenvalue weighted by Gasteiger charge is 2.48. The summed E-state index contributed by atoms with van der Waals surface area (Å²) in [5.41, 5.74) is -0.0526. The first-order valence-corrected chi connectivity index (χ1v) is 11.9. The van der Waals surface area contributed by atoms with Gasteiger partial charge in [-0.2, -0.15) is 0 Å². The van der Waals surface area contributed by atoms with Crippen molar-refractivity contribution in [2.24, 2.45) is 5.41 Å². The number of benzene rings is 3. The molecule has 148 valence electrons. The Morgan fingerprint density at radius 1 is 0.828 bits per heavy atom. The molecule has 0 aromatic heterocycles. The minimum Gasteiger partial charge on any atom is -0.462 e. The topological polar surface area (TPSA) is 35.5 Å². The summed E-state index contributed by atoms with van der Waals surface area (Å²) in [5, 5.41) is 3.56. The second-order valence-corrected chi connectivity index (χ2v) is 11.4. The summed E-state index contributed by atoms with van der Waals surface area (Å²) in [5.74, 6) is -0.150. The maximum atomic E-state index is 13.1. The van der Waals surface area contributed by atoms with Gasteiger partial charge in [0, 0.05) is 5.41 Å². The number of rotatable bonds is 7. The molecule has 3 aromatic rings. The Bertz CT molecular complexity index is 841. The lowest BCUT2D eigenvalue weighted by atomic mass is 9.90. The lowest BCUT2D eigenvalue weighted by Gasteiger charge is -2.37. The van der Waals surface area contributed by atoms with Gasteiger partial charge in [0.15, 0.2) is 6.16 Å². The van der Waals surface area contributed by atoms with Crippen LogP contribution in [0.4, 0.5) is 0 Å². The molecule has 0 radical (unpaired) electrons. The molecule has 29 heavy (non-hydrogen) atoms. The zero-order valence-electron chi connectivity index (χ0n) is 16.7. The van der Waals surface area contributed by atoms with Crippen LogP contribution in [0.15, 0.2) is 91.0 Å². The van der Waals surface area contributed by atoms with Crippen LogP contribution in [0, 0.1) is 5.41 Å². The van der Waals surface area contributed by atoms with E-state index in [4.69, 9.17) is 9.47 Å². The summed E-state index contributed by atoms with van der Waals surface area (Å²) >= 11 is 0. The molecule has 0 atom stereocenters. The Morgan fingerprint density at radius 2 is 1.24 bits per heavy atom. The first-order chi connectivity index (χ1) is 14.1. The average molecular weight is 405 g/mol. The van der Waals surface area contributed by atoms with Gasteiger partial charge in [-0.05, 0) is 36.4 Å². The van der Waals surface area contributed by atoms with Crippen LogP contribution >= 0.6 is 7.26 Å². The van der Waals surface area contributed by atoms with Crippen LogP contribution in [-0.4, -0.2) is 32.0 Å². The molecule has 0 N–H and O–H groups in total. The van der Waals surface area contributed by atoms with Crippen molar-refractivity contribution in [3.63, 3.8) is 0 Å². The molecule has 0 aliphatic carbocycles. The fourth-order valence-electron chi connectivity index (χ4n) is 3.80. The lowest BCUT2D eigenvalue weighted by Crippen LogP contribution is -2.44. The van der Waals surface area contributed by atoms with Gasteiger partial charge in [-0.1, -0.05) is 61.5 Å². The molecule has 4 heteroatoms. The SMILES string of the molecule is CC1(COC(=O)C[P+](c2ccccc2)(c2ccccc2)c2ccccc2)COC1. The van der Waals surface area contributed by atoms with Crippen LogP contribution in [0.25, 0.3) is 0 Å². The van der Waals surface area contributed by atoms with Crippen molar-refractivity contribution >= 4 is 29.1 Å². The molecular formula is C25H26O3P+. The summed E-state index contributed by atoms with van der Waals surface area (Å²) in [6.45, 7) is 3.80. The van der Waals surface area contributed by atoms with Crippen molar-refractivity contribution in [3.8, 4) is 0 Å². The monoisotopic (exact) mass is 405 g/mol. The maximum Gasteiger partial charge on any atom is 0.345 e. The molecule has 4 rings (SSSR count). The number of carbonyl (C=O) groups excluding carboxylic acids is 1. The number of hydrogen-bond acceptors (Lipinski definition) is 3. The molecule has 3 aromatic carbocycles. The minimum atomic E-state index is -2.19. The van der Waals surface area contributed by atoms with Gasteiger partial charge in [-0.15, -0.1) is 0 Å². The third-order valence-electron chi connectivity index (χ3n) is 5.44. The Balaban J connectivity index is 1.76. The molecule has 0 unspecified atom stereocenters. The lowest BCUT2D eigenvalue weighted by molar-refractivity contribution is -0.162. The van der Waals surface area contributed by atoms with Gasteiger partial charge in [-0.25, -0.2) is 4.79 Å². The molecule has 0 amide bonds. The summed E-state index contributed by atoms with van der Waals surface area (Å²) in [4.78, 5) is 13.1. The standard InChI is InChI=1S/C25H26O3P/c1-25(18-27-19-25)20-28-24(26)17-29(21-11-5-2-6-12-21,22-13-7-3-8-14-22)23-15-9-4-10-16-23/h2-16H,17-20H2,1H3/q+1. The van der Waals surface area contributed by atoms with E-state index in [0.717, 1.165) is 0 Å². The van der Waals surface area contributed by atoms with E-state index in [-0.39, 0.29) is 11.4 Å². The molecule has 1 heterocycles. The van der Waals surface area contributed by atoms with Gasteiger partial charge < -0.3 is 9.47 Å². The zero-order valence-corrected chi connectivity index (χ0v) is 17.6.